The van der Waals surface area contributed by atoms with Gasteiger partial charge in [-0.15, -0.1) is 0 Å². The number of hydrogen-bond donors (Lipinski definition) is 1. The van der Waals surface area contributed by atoms with Crippen molar-refractivity contribution in [1.29, 1.82) is 0 Å². The molecule has 2 nitrogen and oxygen atoms in total. The van der Waals surface area contributed by atoms with Crippen molar-refractivity contribution in [2.24, 2.45) is 5.92 Å². The van der Waals surface area contributed by atoms with E-state index in [4.69, 9.17) is 4.74 Å². The second kappa shape index (κ2) is 5.54. The summed E-state index contributed by atoms with van der Waals surface area (Å²) in [5.41, 5.74) is 2.80. The highest BCUT2D eigenvalue weighted by molar-refractivity contribution is 5.38. The SMILES string of the molecule is CNC(Cc1ccc2c(c1)CCCO2)C(C)C. The van der Waals surface area contributed by atoms with Crippen molar-refractivity contribution in [1.82, 2.24) is 5.32 Å². The molecule has 0 bridgehead atoms. The van der Waals surface area contributed by atoms with E-state index in [0.29, 0.717) is 12.0 Å². The molecule has 0 aromatic heterocycles. The molecule has 0 saturated heterocycles. The van der Waals surface area contributed by atoms with E-state index < -0.39 is 0 Å². The second-order valence-electron chi connectivity index (χ2n) is 5.24. The quantitative estimate of drug-likeness (QED) is 0.863. The van der Waals surface area contributed by atoms with Gasteiger partial charge in [0.25, 0.3) is 0 Å². The number of likely N-dealkylation sites (N-methyl/N-ethyl adjacent to an activating group) is 1. The molecule has 2 rings (SSSR count). The molecule has 0 saturated carbocycles. The van der Waals surface area contributed by atoms with Crippen LogP contribution < -0.4 is 10.1 Å². The van der Waals surface area contributed by atoms with Crippen LogP contribution in [0.15, 0.2) is 18.2 Å². The molecule has 94 valence electrons. The number of hydrogen-bond acceptors (Lipinski definition) is 2. The number of nitrogens with one attached hydrogen (secondary N) is 1. The molecule has 0 fully saturated rings. The fourth-order valence-electron chi connectivity index (χ4n) is 2.47. The molecule has 1 aromatic carbocycles. The lowest BCUT2D eigenvalue weighted by molar-refractivity contribution is 0.288. The molecule has 2 heteroatoms. The van der Waals surface area contributed by atoms with Crippen LogP contribution in [0.2, 0.25) is 0 Å². The summed E-state index contributed by atoms with van der Waals surface area (Å²) in [6, 6.07) is 7.21. The van der Waals surface area contributed by atoms with Crippen molar-refractivity contribution in [3.63, 3.8) is 0 Å². The zero-order chi connectivity index (χ0) is 12.3. The van der Waals surface area contributed by atoms with Crippen molar-refractivity contribution < 1.29 is 4.74 Å². The van der Waals surface area contributed by atoms with Crippen LogP contribution >= 0.6 is 0 Å². The molecule has 1 aromatic rings. The number of benzene rings is 1. The Kier molecular flexibility index (Phi) is 4.06. The maximum absolute atomic E-state index is 5.64. The van der Waals surface area contributed by atoms with Gasteiger partial charge in [-0.3, -0.25) is 0 Å². The Morgan fingerprint density at radius 1 is 1.35 bits per heavy atom. The van der Waals surface area contributed by atoms with Gasteiger partial charge in [0, 0.05) is 6.04 Å². The van der Waals surface area contributed by atoms with Crippen LogP contribution in [0.25, 0.3) is 0 Å². The lowest BCUT2D eigenvalue weighted by Crippen LogP contribution is -2.32. The third kappa shape index (κ3) is 3.01. The zero-order valence-corrected chi connectivity index (χ0v) is 11.1. The lowest BCUT2D eigenvalue weighted by atomic mass is 9.94. The molecule has 1 unspecified atom stereocenters. The first kappa shape index (κ1) is 12.4. The number of ether oxygens (including phenoxy) is 1. The van der Waals surface area contributed by atoms with Gasteiger partial charge in [-0.05, 0) is 49.4 Å². The van der Waals surface area contributed by atoms with Crippen LogP contribution in [0, 0.1) is 5.92 Å². The van der Waals surface area contributed by atoms with E-state index in [0.717, 1.165) is 31.6 Å². The Morgan fingerprint density at radius 3 is 2.88 bits per heavy atom. The number of aryl methyl sites for hydroxylation is 1. The van der Waals surface area contributed by atoms with Crippen molar-refractivity contribution in [3.05, 3.63) is 29.3 Å². The zero-order valence-electron chi connectivity index (χ0n) is 11.1. The van der Waals surface area contributed by atoms with Crippen LogP contribution in [0.3, 0.4) is 0 Å². The Labute approximate surface area is 104 Å². The molecule has 1 N–H and O–H groups in total. The highest BCUT2D eigenvalue weighted by Crippen LogP contribution is 2.26. The van der Waals surface area contributed by atoms with E-state index in [-0.39, 0.29) is 0 Å². The second-order valence-corrected chi connectivity index (χ2v) is 5.24. The fraction of sp³-hybridized carbons (Fsp3) is 0.600. The van der Waals surface area contributed by atoms with Crippen LogP contribution in [0.4, 0.5) is 0 Å². The normalized spacial score (nSPS) is 16.5. The predicted octanol–water partition coefficient (Wildman–Crippen LogP) is 2.80. The third-order valence-corrected chi connectivity index (χ3v) is 3.60. The number of rotatable bonds is 4. The van der Waals surface area contributed by atoms with Gasteiger partial charge in [0.05, 0.1) is 6.61 Å². The Hall–Kier alpha value is -1.02. The average Bonchev–Trinajstić information content (AvgIpc) is 2.35. The van der Waals surface area contributed by atoms with Crippen LogP contribution in [0.1, 0.15) is 31.4 Å². The molecule has 0 spiro atoms. The first-order chi connectivity index (χ1) is 8.20. The van der Waals surface area contributed by atoms with Gasteiger partial charge in [-0.25, -0.2) is 0 Å². The van der Waals surface area contributed by atoms with Crippen LogP contribution in [0.5, 0.6) is 5.75 Å². The summed E-state index contributed by atoms with van der Waals surface area (Å²) in [7, 11) is 2.05. The Bertz CT molecular complexity index is 373. The molecule has 17 heavy (non-hydrogen) atoms. The average molecular weight is 233 g/mol. The molecule has 0 amide bonds. The summed E-state index contributed by atoms with van der Waals surface area (Å²) in [4.78, 5) is 0. The standard InChI is InChI=1S/C15H23NO/c1-11(2)14(16-3)10-12-6-7-15-13(9-12)5-4-8-17-15/h6-7,9,11,14,16H,4-5,8,10H2,1-3H3. The van der Waals surface area contributed by atoms with E-state index in [1.807, 2.05) is 7.05 Å². The smallest absolute Gasteiger partial charge is 0.122 e. The van der Waals surface area contributed by atoms with E-state index in [2.05, 4.69) is 37.4 Å². The van der Waals surface area contributed by atoms with Crippen LogP contribution in [-0.2, 0) is 12.8 Å². The summed E-state index contributed by atoms with van der Waals surface area (Å²) < 4.78 is 5.64. The monoisotopic (exact) mass is 233 g/mol. The van der Waals surface area contributed by atoms with Gasteiger partial charge in [-0.2, -0.15) is 0 Å². The van der Waals surface area contributed by atoms with Crippen molar-refractivity contribution in [3.8, 4) is 5.75 Å². The molecular weight excluding hydrogens is 210 g/mol. The summed E-state index contributed by atoms with van der Waals surface area (Å²) in [5, 5.41) is 3.40. The summed E-state index contributed by atoms with van der Waals surface area (Å²) in [6.45, 7) is 5.41. The topological polar surface area (TPSA) is 21.3 Å². The molecule has 1 heterocycles. The summed E-state index contributed by atoms with van der Waals surface area (Å²) in [6.07, 6.45) is 3.41. The molecule has 1 atom stereocenters. The van der Waals surface area contributed by atoms with Gasteiger partial charge in [0.2, 0.25) is 0 Å². The minimum atomic E-state index is 0.553. The molecule has 0 aliphatic carbocycles. The summed E-state index contributed by atoms with van der Waals surface area (Å²) >= 11 is 0. The predicted molar refractivity (Wildman–Crippen MR) is 71.6 cm³/mol. The van der Waals surface area contributed by atoms with E-state index in [1.165, 1.54) is 11.1 Å². The van der Waals surface area contributed by atoms with Gasteiger partial charge in [0.1, 0.15) is 5.75 Å². The minimum absolute atomic E-state index is 0.553. The third-order valence-electron chi connectivity index (χ3n) is 3.60. The fourth-order valence-corrected chi connectivity index (χ4v) is 2.47. The van der Waals surface area contributed by atoms with Crippen LogP contribution in [-0.4, -0.2) is 19.7 Å². The van der Waals surface area contributed by atoms with Crippen molar-refractivity contribution >= 4 is 0 Å². The van der Waals surface area contributed by atoms with E-state index in [9.17, 15) is 0 Å². The summed E-state index contributed by atoms with van der Waals surface area (Å²) in [5.74, 6) is 1.75. The van der Waals surface area contributed by atoms with Gasteiger partial charge in [0.15, 0.2) is 0 Å². The molecule has 1 aliphatic heterocycles. The molecule has 0 radical (unpaired) electrons. The van der Waals surface area contributed by atoms with Gasteiger partial charge < -0.3 is 10.1 Å². The van der Waals surface area contributed by atoms with Crippen molar-refractivity contribution in [2.45, 2.75) is 39.2 Å². The molecular formula is C15H23NO. The first-order valence-electron chi connectivity index (χ1n) is 6.62. The molecule has 1 aliphatic rings. The largest absolute Gasteiger partial charge is 0.493 e. The van der Waals surface area contributed by atoms with Crippen molar-refractivity contribution in [2.75, 3.05) is 13.7 Å². The Morgan fingerprint density at radius 2 is 2.18 bits per heavy atom. The van der Waals surface area contributed by atoms with E-state index >= 15 is 0 Å². The highest BCUT2D eigenvalue weighted by atomic mass is 16.5. The lowest BCUT2D eigenvalue weighted by Gasteiger charge is -2.22. The number of fused-ring (bicyclic) bond motifs is 1. The Balaban J connectivity index is 2.11. The maximum atomic E-state index is 5.64. The highest BCUT2D eigenvalue weighted by Gasteiger charge is 2.14. The minimum Gasteiger partial charge on any atom is -0.493 e. The van der Waals surface area contributed by atoms with Gasteiger partial charge >= 0.3 is 0 Å². The van der Waals surface area contributed by atoms with E-state index in [1.54, 1.807) is 0 Å². The first-order valence-corrected chi connectivity index (χ1v) is 6.62. The van der Waals surface area contributed by atoms with Gasteiger partial charge in [-0.1, -0.05) is 26.0 Å². The maximum Gasteiger partial charge on any atom is 0.122 e.